The Kier molecular flexibility index (Phi) is 9.66. The largest absolute Gasteiger partial charge is 0.450 e. The molecule has 2 saturated heterocycles. The molecule has 0 aromatic carbocycles. The lowest BCUT2D eigenvalue weighted by Gasteiger charge is -2.32. The molecule has 9 nitrogen and oxygen atoms in total. The lowest BCUT2D eigenvalue weighted by Crippen LogP contribution is -2.50. The summed E-state index contributed by atoms with van der Waals surface area (Å²) >= 11 is 1.79. The Morgan fingerprint density at radius 2 is 1.86 bits per heavy atom. The van der Waals surface area contributed by atoms with Gasteiger partial charge in [0.05, 0.1) is 18.9 Å². The van der Waals surface area contributed by atoms with Gasteiger partial charge < -0.3 is 20.3 Å². The van der Waals surface area contributed by atoms with Crippen LogP contribution < -0.4 is 10.6 Å². The van der Waals surface area contributed by atoms with Crippen molar-refractivity contribution in [3.63, 3.8) is 0 Å². The van der Waals surface area contributed by atoms with Crippen molar-refractivity contribution in [2.24, 2.45) is 4.99 Å². The summed E-state index contributed by atoms with van der Waals surface area (Å²) in [7, 11) is -3.25. The number of aliphatic imine (C=N–C) groups is 1. The number of piperidine rings is 1. The van der Waals surface area contributed by atoms with E-state index in [2.05, 4.69) is 15.6 Å². The van der Waals surface area contributed by atoms with Crippen molar-refractivity contribution in [3.8, 4) is 0 Å². The van der Waals surface area contributed by atoms with E-state index >= 15 is 0 Å². The molecule has 0 bridgehead atoms. The molecule has 2 rings (SSSR count). The number of hydrogen-bond donors (Lipinski definition) is 2. The zero-order valence-electron chi connectivity index (χ0n) is 16.9. The number of rotatable bonds is 7. The van der Waals surface area contributed by atoms with Crippen LogP contribution in [0.5, 0.6) is 0 Å². The molecule has 0 atom stereocenters. The summed E-state index contributed by atoms with van der Waals surface area (Å²) in [5, 5.41) is 6.53. The number of sulfonamides is 1. The highest BCUT2D eigenvalue weighted by molar-refractivity contribution is 7.99. The van der Waals surface area contributed by atoms with Gasteiger partial charge in [0, 0.05) is 50.3 Å². The molecule has 2 N–H and O–H groups in total. The fourth-order valence-corrected chi connectivity index (χ4v) is 5.61. The standard InChI is InChI=1S/C17H33N5O4S2/c1-3-18-16(19-7-14-28(24,25)22-10-12-27-13-11-22)20-15-5-8-21(9-6-15)17(23)26-4-2/h15H,3-14H2,1-2H3,(H2,18,19,20). The van der Waals surface area contributed by atoms with Crippen LogP contribution in [0.3, 0.4) is 0 Å². The van der Waals surface area contributed by atoms with Gasteiger partial charge in [0.15, 0.2) is 5.96 Å². The summed E-state index contributed by atoms with van der Waals surface area (Å²) in [5.41, 5.74) is 0. The maximum atomic E-state index is 12.4. The van der Waals surface area contributed by atoms with Crippen molar-refractivity contribution in [2.45, 2.75) is 32.7 Å². The number of hydrogen-bond acceptors (Lipinski definition) is 6. The van der Waals surface area contributed by atoms with Crippen LogP contribution in [0.1, 0.15) is 26.7 Å². The number of likely N-dealkylation sites (tertiary alicyclic amines) is 1. The van der Waals surface area contributed by atoms with Gasteiger partial charge in [-0.25, -0.2) is 17.5 Å². The Morgan fingerprint density at radius 3 is 2.46 bits per heavy atom. The number of amides is 1. The van der Waals surface area contributed by atoms with E-state index in [0.29, 0.717) is 45.3 Å². The number of carbonyl (C=O) groups excluding carboxylic acids is 1. The second kappa shape index (κ2) is 11.7. The van der Waals surface area contributed by atoms with Gasteiger partial charge in [0.1, 0.15) is 0 Å². The molecule has 0 aromatic heterocycles. The van der Waals surface area contributed by atoms with Gasteiger partial charge in [-0.05, 0) is 26.7 Å². The van der Waals surface area contributed by atoms with Gasteiger partial charge in [-0.1, -0.05) is 0 Å². The Balaban J connectivity index is 1.81. The third-order valence-corrected chi connectivity index (χ3v) is 7.48. The molecule has 0 saturated carbocycles. The summed E-state index contributed by atoms with van der Waals surface area (Å²) in [6, 6.07) is 0.194. The lowest BCUT2D eigenvalue weighted by atomic mass is 10.1. The maximum absolute atomic E-state index is 12.4. The van der Waals surface area contributed by atoms with Crippen LogP contribution in [0.15, 0.2) is 4.99 Å². The molecule has 0 aliphatic carbocycles. The summed E-state index contributed by atoms with van der Waals surface area (Å²) < 4.78 is 31.5. The van der Waals surface area contributed by atoms with E-state index in [1.807, 2.05) is 6.92 Å². The van der Waals surface area contributed by atoms with Crippen LogP contribution in [-0.4, -0.2) is 98.9 Å². The van der Waals surface area contributed by atoms with Crippen LogP contribution in [0.4, 0.5) is 4.79 Å². The molecule has 1 amide bonds. The molecule has 0 unspecified atom stereocenters. The Morgan fingerprint density at radius 1 is 1.18 bits per heavy atom. The third kappa shape index (κ3) is 7.32. The first kappa shape index (κ1) is 23.1. The molecule has 11 heteroatoms. The maximum Gasteiger partial charge on any atom is 0.409 e. The number of thioether (sulfide) groups is 1. The zero-order valence-corrected chi connectivity index (χ0v) is 18.5. The van der Waals surface area contributed by atoms with Gasteiger partial charge in [0.2, 0.25) is 10.0 Å². The molecule has 2 heterocycles. The van der Waals surface area contributed by atoms with Crippen molar-refractivity contribution >= 4 is 33.8 Å². The topological polar surface area (TPSA) is 103 Å². The predicted octanol–water partition coefficient (Wildman–Crippen LogP) is 0.541. The summed E-state index contributed by atoms with van der Waals surface area (Å²) in [6.07, 6.45) is 1.34. The van der Waals surface area contributed by atoms with Crippen molar-refractivity contribution < 1.29 is 17.9 Å². The fraction of sp³-hybridized carbons (Fsp3) is 0.882. The minimum absolute atomic E-state index is 0.0234. The quantitative estimate of drug-likeness (QED) is 0.444. The first-order valence-corrected chi connectivity index (χ1v) is 12.7. The number of guanidine groups is 1. The highest BCUT2D eigenvalue weighted by Crippen LogP contribution is 2.13. The van der Waals surface area contributed by atoms with E-state index in [0.717, 1.165) is 24.3 Å². The smallest absolute Gasteiger partial charge is 0.409 e. The average molecular weight is 436 g/mol. The molecular weight excluding hydrogens is 402 g/mol. The van der Waals surface area contributed by atoms with E-state index in [1.54, 1.807) is 27.9 Å². The average Bonchev–Trinajstić information content (AvgIpc) is 2.69. The molecule has 0 radical (unpaired) electrons. The molecule has 2 aliphatic rings. The zero-order chi connectivity index (χ0) is 20.4. The molecule has 28 heavy (non-hydrogen) atoms. The van der Waals surface area contributed by atoms with Crippen molar-refractivity contribution in [2.75, 3.05) is 63.1 Å². The van der Waals surface area contributed by atoms with Gasteiger partial charge in [-0.3, -0.25) is 4.99 Å². The Hall–Kier alpha value is -1.20. The van der Waals surface area contributed by atoms with E-state index in [1.165, 1.54) is 0 Å². The number of carbonyl (C=O) groups is 1. The predicted molar refractivity (Wildman–Crippen MR) is 113 cm³/mol. The molecule has 162 valence electrons. The van der Waals surface area contributed by atoms with Crippen molar-refractivity contribution in [3.05, 3.63) is 0 Å². The fourth-order valence-electron chi connectivity index (χ4n) is 3.16. The SMILES string of the molecule is CCNC(=NCCS(=O)(=O)N1CCSCC1)NC1CCN(C(=O)OCC)CC1. The minimum Gasteiger partial charge on any atom is -0.450 e. The second-order valence-electron chi connectivity index (χ2n) is 6.69. The molecule has 0 aromatic rings. The van der Waals surface area contributed by atoms with E-state index in [9.17, 15) is 13.2 Å². The van der Waals surface area contributed by atoms with Crippen LogP contribution in [0.25, 0.3) is 0 Å². The summed E-state index contributed by atoms with van der Waals surface area (Å²) in [4.78, 5) is 17.9. The summed E-state index contributed by atoms with van der Waals surface area (Å²) in [6.45, 7) is 7.54. The molecule has 2 aliphatic heterocycles. The second-order valence-corrected chi connectivity index (χ2v) is 10.0. The number of nitrogens with one attached hydrogen (secondary N) is 2. The number of ether oxygens (including phenoxy) is 1. The van der Waals surface area contributed by atoms with E-state index in [-0.39, 0.29) is 24.4 Å². The highest BCUT2D eigenvalue weighted by Gasteiger charge is 2.25. The molecular formula is C17H33N5O4S2. The third-order valence-electron chi connectivity index (χ3n) is 4.69. The van der Waals surface area contributed by atoms with Crippen molar-refractivity contribution in [1.82, 2.24) is 19.8 Å². The number of nitrogens with zero attached hydrogens (tertiary/aromatic N) is 3. The lowest BCUT2D eigenvalue weighted by molar-refractivity contribution is 0.0963. The first-order chi connectivity index (χ1) is 13.5. The highest BCUT2D eigenvalue weighted by atomic mass is 32.2. The monoisotopic (exact) mass is 435 g/mol. The minimum atomic E-state index is -3.25. The Labute approximate surface area is 172 Å². The van der Waals surface area contributed by atoms with Gasteiger partial charge in [-0.15, -0.1) is 0 Å². The van der Waals surface area contributed by atoms with Crippen LogP contribution in [0, 0.1) is 0 Å². The van der Waals surface area contributed by atoms with E-state index in [4.69, 9.17) is 4.74 Å². The van der Waals surface area contributed by atoms with Crippen LogP contribution in [0.2, 0.25) is 0 Å². The van der Waals surface area contributed by atoms with Gasteiger partial charge in [-0.2, -0.15) is 11.8 Å². The van der Waals surface area contributed by atoms with Gasteiger partial charge >= 0.3 is 6.09 Å². The molecule has 2 fully saturated rings. The van der Waals surface area contributed by atoms with Crippen molar-refractivity contribution in [1.29, 1.82) is 0 Å². The van der Waals surface area contributed by atoms with E-state index < -0.39 is 10.0 Å². The molecule has 0 spiro atoms. The normalized spacial score (nSPS) is 20.1. The Bertz CT molecular complexity index is 615. The van der Waals surface area contributed by atoms with Gasteiger partial charge in [0.25, 0.3) is 0 Å². The van der Waals surface area contributed by atoms with Crippen LogP contribution in [-0.2, 0) is 14.8 Å². The van der Waals surface area contributed by atoms with Crippen LogP contribution >= 0.6 is 11.8 Å². The summed E-state index contributed by atoms with van der Waals surface area (Å²) in [5.74, 6) is 2.37. The first-order valence-electron chi connectivity index (χ1n) is 9.98.